The first-order chi connectivity index (χ1) is 10.1. The molecule has 2 N–H and O–H groups in total. The third-order valence-corrected chi connectivity index (χ3v) is 4.01. The van der Waals surface area contributed by atoms with Crippen LogP contribution in [0.2, 0.25) is 0 Å². The minimum Gasteiger partial charge on any atom is -0.485 e. The molecule has 1 aliphatic carbocycles. The topological polar surface area (TPSA) is 35.2 Å². The standard InChI is InChI=1S/C17H16FNOS/c18-12-8-9-16(14(10-12)17(19)21)20-15-7-3-5-11-4-1-2-6-13(11)15/h1-2,4,6,8-10,15H,3,5,7H2,(H2,19,21). The summed E-state index contributed by atoms with van der Waals surface area (Å²) < 4.78 is 19.4. The molecular weight excluding hydrogens is 285 g/mol. The molecule has 0 spiro atoms. The minimum atomic E-state index is -0.366. The van der Waals surface area contributed by atoms with Crippen molar-refractivity contribution in [3.05, 3.63) is 65.0 Å². The highest BCUT2D eigenvalue weighted by Crippen LogP contribution is 2.34. The van der Waals surface area contributed by atoms with Gasteiger partial charge in [-0.1, -0.05) is 36.5 Å². The zero-order valence-corrected chi connectivity index (χ0v) is 12.3. The molecule has 0 fully saturated rings. The Morgan fingerprint density at radius 2 is 2.05 bits per heavy atom. The van der Waals surface area contributed by atoms with Gasteiger partial charge in [0.15, 0.2) is 0 Å². The van der Waals surface area contributed by atoms with Crippen LogP contribution < -0.4 is 10.5 Å². The van der Waals surface area contributed by atoms with E-state index in [1.807, 2.05) is 12.1 Å². The van der Waals surface area contributed by atoms with E-state index >= 15 is 0 Å². The summed E-state index contributed by atoms with van der Waals surface area (Å²) in [5.41, 5.74) is 8.63. The van der Waals surface area contributed by atoms with Crippen molar-refractivity contribution in [2.75, 3.05) is 0 Å². The SMILES string of the molecule is NC(=S)c1cc(F)ccc1OC1CCCc2ccccc21. The van der Waals surface area contributed by atoms with E-state index in [0.29, 0.717) is 11.3 Å². The number of hydrogen-bond donors (Lipinski definition) is 1. The van der Waals surface area contributed by atoms with Crippen LogP contribution in [0.4, 0.5) is 4.39 Å². The smallest absolute Gasteiger partial charge is 0.130 e. The van der Waals surface area contributed by atoms with E-state index in [0.717, 1.165) is 19.3 Å². The quantitative estimate of drug-likeness (QED) is 0.873. The van der Waals surface area contributed by atoms with Crippen molar-refractivity contribution in [3.63, 3.8) is 0 Å². The molecular formula is C17H16FNOS. The van der Waals surface area contributed by atoms with Gasteiger partial charge in [-0.25, -0.2) is 4.39 Å². The van der Waals surface area contributed by atoms with Crippen LogP contribution >= 0.6 is 12.2 Å². The maximum atomic E-state index is 13.4. The summed E-state index contributed by atoms with van der Waals surface area (Å²) in [6, 6.07) is 12.6. The summed E-state index contributed by atoms with van der Waals surface area (Å²) in [4.78, 5) is 0.147. The highest BCUT2D eigenvalue weighted by Gasteiger charge is 2.22. The summed E-state index contributed by atoms with van der Waals surface area (Å²) in [5, 5.41) is 0. The van der Waals surface area contributed by atoms with Gasteiger partial charge in [0.25, 0.3) is 0 Å². The highest BCUT2D eigenvalue weighted by atomic mass is 32.1. The van der Waals surface area contributed by atoms with E-state index in [1.54, 1.807) is 6.07 Å². The summed E-state index contributed by atoms with van der Waals surface area (Å²) in [7, 11) is 0. The summed E-state index contributed by atoms with van der Waals surface area (Å²) in [6.45, 7) is 0. The van der Waals surface area contributed by atoms with E-state index in [4.69, 9.17) is 22.7 Å². The van der Waals surface area contributed by atoms with Crippen LogP contribution in [0.5, 0.6) is 5.75 Å². The van der Waals surface area contributed by atoms with Crippen LogP contribution in [0.1, 0.15) is 35.6 Å². The summed E-state index contributed by atoms with van der Waals surface area (Å²) >= 11 is 4.99. The predicted molar refractivity (Wildman–Crippen MR) is 85.0 cm³/mol. The van der Waals surface area contributed by atoms with Crippen LogP contribution in [0.3, 0.4) is 0 Å². The Bertz CT molecular complexity index is 686. The molecule has 2 aromatic rings. The van der Waals surface area contributed by atoms with Crippen molar-refractivity contribution in [3.8, 4) is 5.75 Å². The van der Waals surface area contributed by atoms with E-state index in [-0.39, 0.29) is 16.9 Å². The third-order valence-electron chi connectivity index (χ3n) is 3.79. The second kappa shape index (κ2) is 5.82. The summed E-state index contributed by atoms with van der Waals surface area (Å²) in [6.07, 6.45) is 3.05. The molecule has 4 heteroatoms. The fraction of sp³-hybridized carbons (Fsp3) is 0.235. The average molecular weight is 301 g/mol. The molecule has 108 valence electrons. The van der Waals surface area contributed by atoms with E-state index in [2.05, 4.69) is 12.1 Å². The lowest BCUT2D eigenvalue weighted by Crippen LogP contribution is -2.18. The number of aryl methyl sites for hydroxylation is 1. The number of ether oxygens (including phenoxy) is 1. The molecule has 0 heterocycles. The lowest BCUT2D eigenvalue weighted by Gasteiger charge is -2.27. The molecule has 0 aliphatic heterocycles. The lowest BCUT2D eigenvalue weighted by atomic mass is 9.89. The monoisotopic (exact) mass is 301 g/mol. The van der Waals surface area contributed by atoms with Crippen LogP contribution in [-0.2, 0) is 6.42 Å². The van der Waals surface area contributed by atoms with Crippen molar-refractivity contribution in [1.82, 2.24) is 0 Å². The third kappa shape index (κ3) is 2.90. The molecule has 2 nitrogen and oxygen atoms in total. The molecule has 0 aromatic heterocycles. The van der Waals surface area contributed by atoms with Crippen LogP contribution in [0, 0.1) is 5.82 Å². The van der Waals surface area contributed by atoms with Gasteiger partial charge >= 0.3 is 0 Å². The molecule has 0 bridgehead atoms. The second-order valence-electron chi connectivity index (χ2n) is 5.20. The van der Waals surface area contributed by atoms with E-state index in [1.165, 1.54) is 23.3 Å². The van der Waals surface area contributed by atoms with Gasteiger partial charge in [-0.15, -0.1) is 0 Å². The van der Waals surface area contributed by atoms with Gasteiger partial charge in [0.1, 0.15) is 22.7 Å². The predicted octanol–water partition coefficient (Wildman–Crippen LogP) is 3.92. The van der Waals surface area contributed by atoms with Gasteiger partial charge in [0.2, 0.25) is 0 Å². The molecule has 0 amide bonds. The first kappa shape index (κ1) is 14.0. The first-order valence-corrected chi connectivity index (χ1v) is 7.40. The molecule has 2 aromatic carbocycles. The number of rotatable bonds is 3. The van der Waals surface area contributed by atoms with Gasteiger partial charge in [-0.3, -0.25) is 0 Å². The van der Waals surface area contributed by atoms with E-state index in [9.17, 15) is 4.39 Å². The maximum absolute atomic E-state index is 13.4. The van der Waals surface area contributed by atoms with Gasteiger partial charge in [-0.2, -0.15) is 0 Å². The molecule has 1 aliphatic rings. The molecule has 0 radical (unpaired) electrons. The van der Waals surface area contributed by atoms with Gasteiger partial charge in [-0.05, 0) is 48.6 Å². The van der Waals surface area contributed by atoms with Crippen LogP contribution in [-0.4, -0.2) is 4.99 Å². The molecule has 0 saturated heterocycles. The normalized spacial score (nSPS) is 17.1. The first-order valence-electron chi connectivity index (χ1n) is 6.99. The highest BCUT2D eigenvalue weighted by molar-refractivity contribution is 7.80. The second-order valence-corrected chi connectivity index (χ2v) is 5.64. The maximum Gasteiger partial charge on any atom is 0.130 e. The van der Waals surface area contributed by atoms with E-state index < -0.39 is 0 Å². The molecule has 3 rings (SSSR count). The van der Waals surface area contributed by atoms with Gasteiger partial charge < -0.3 is 10.5 Å². The van der Waals surface area contributed by atoms with Crippen LogP contribution in [0.25, 0.3) is 0 Å². The number of benzene rings is 2. The van der Waals surface area contributed by atoms with Crippen molar-refractivity contribution in [1.29, 1.82) is 0 Å². The fourth-order valence-electron chi connectivity index (χ4n) is 2.78. The van der Waals surface area contributed by atoms with Gasteiger partial charge in [0.05, 0.1) is 5.56 Å². The molecule has 21 heavy (non-hydrogen) atoms. The Kier molecular flexibility index (Phi) is 3.88. The molecule has 1 atom stereocenters. The Balaban J connectivity index is 1.93. The Hall–Kier alpha value is -1.94. The number of nitrogens with two attached hydrogens (primary N) is 1. The zero-order chi connectivity index (χ0) is 14.8. The fourth-order valence-corrected chi connectivity index (χ4v) is 2.94. The zero-order valence-electron chi connectivity index (χ0n) is 11.5. The average Bonchev–Trinajstić information content (AvgIpc) is 2.49. The Labute approximate surface area is 128 Å². The van der Waals surface area contributed by atoms with Crippen molar-refractivity contribution in [2.45, 2.75) is 25.4 Å². The van der Waals surface area contributed by atoms with Crippen LogP contribution in [0.15, 0.2) is 42.5 Å². The number of thiocarbonyl (C=S) groups is 1. The van der Waals surface area contributed by atoms with Crippen molar-refractivity contribution >= 4 is 17.2 Å². The number of fused-ring (bicyclic) bond motifs is 1. The number of hydrogen-bond acceptors (Lipinski definition) is 2. The minimum absolute atomic E-state index is 0.0338. The van der Waals surface area contributed by atoms with Gasteiger partial charge in [0, 0.05) is 0 Å². The lowest BCUT2D eigenvalue weighted by molar-refractivity contribution is 0.183. The summed E-state index contributed by atoms with van der Waals surface area (Å²) in [5.74, 6) is 0.180. The Morgan fingerprint density at radius 3 is 2.86 bits per heavy atom. The molecule has 1 unspecified atom stereocenters. The van der Waals surface area contributed by atoms with Crippen molar-refractivity contribution < 1.29 is 9.13 Å². The van der Waals surface area contributed by atoms with Crippen molar-refractivity contribution in [2.24, 2.45) is 5.73 Å². The number of halogens is 1. The molecule has 0 saturated carbocycles. The largest absolute Gasteiger partial charge is 0.485 e. The Morgan fingerprint density at radius 1 is 1.24 bits per heavy atom.